The zero-order chi connectivity index (χ0) is 90.8. The first-order chi connectivity index (χ1) is 60.8. The van der Waals surface area contributed by atoms with E-state index in [1.807, 2.05) is 120 Å². The van der Waals surface area contributed by atoms with E-state index in [2.05, 4.69) is 84.6 Å². The topological polar surface area (TPSA) is 265 Å². The molecule has 0 spiro atoms. The molecule has 0 aliphatic carbocycles. The van der Waals surface area contributed by atoms with Crippen LogP contribution in [-0.4, -0.2) is 225 Å². The second kappa shape index (κ2) is 46.5. The van der Waals surface area contributed by atoms with Gasteiger partial charge >= 0.3 is 30.8 Å². The van der Waals surface area contributed by atoms with Crippen molar-refractivity contribution < 1.29 is 95.8 Å². The van der Waals surface area contributed by atoms with Gasteiger partial charge in [-0.15, -0.1) is 16.3 Å². The van der Waals surface area contributed by atoms with Gasteiger partial charge < -0.3 is 83.3 Å². The van der Waals surface area contributed by atoms with E-state index in [0.717, 1.165) is 133 Å². The number of carbonyl (C=O) groups excluding carboxylic acids is 1. The minimum absolute atomic E-state index is 0.0196. The Morgan fingerprint density at radius 1 is 0.571 bits per heavy atom. The summed E-state index contributed by atoms with van der Waals surface area (Å²) in [5.74, 6) is -0.366. The molecule has 1 amide bonds. The average molecular weight is 1920 g/mol. The molecule has 13 aromatic rings. The van der Waals surface area contributed by atoms with E-state index in [0.29, 0.717) is 116 Å². The van der Waals surface area contributed by atoms with Crippen LogP contribution >= 0.6 is 67.9 Å². The number of morpholine rings is 1. The fraction of sp³-hybridized carbons (Fsp3) is 0.269. The zero-order valence-corrected chi connectivity index (χ0v) is 75.5. The summed E-state index contributed by atoms with van der Waals surface area (Å²) >= 11 is 20.2. The van der Waals surface area contributed by atoms with E-state index in [1.165, 1.54) is 38.8 Å². The summed E-state index contributed by atoms with van der Waals surface area (Å²) < 4.78 is 92.0. The van der Waals surface area contributed by atoms with Crippen LogP contribution in [-0.2, 0) is 22.5 Å². The number of quaternary nitrogens is 2. The number of alkyl halides is 1. The van der Waals surface area contributed by atoms with Crippen molar-refractivity contribution in [3.8, 4) is 69.3 Å². The van der Waals surface area contributed by atoms with Crippen molar-refractivity contribution >= 4 is 158 Å². The molecule has 33 heteroatoms. The number of benzene rings is 12. The van der Waals surface area contributed by atoms with Crippen LogP contribution in [0.15, 0.2) is 214 Å². The summed E-state index contributed by atoms with van der Waals surface area (Å²) in [6.45, 7) is 16.2. The maximum atomic E-state index is 15.4. The normalized spacial score (nSPS) is 16.0. The predicted octanol–water partition coefficient (Wildman–Crippen LogP) is 19.2. The summed E-state index contributed by atoms with van der Waals surface area (Å²) in [5, 5.41) is 76.5. The number of ether oxygens (including phenoxy) is 6. The van der Waals surface area contributed by atoms with Crippen LogP contribution in [0.1, 0.15) is 17.7 Å². The Kier molecular flexibility index (Phi) is 35.8. The molecular formula is C93H98BBr2Cl2F4N9O14S+. The molecule has 663 valence electrons. The molecule has 1 aromatic heterocycles. The molecule has 23 nitrogen and oxygen atoms in total. The van der Waals surface area contributed by atoms with Gasteiger partial charge in [0.2, 0.25) is 17.5 Å². The number of phenols is 7. The molecule has 6 aliphatic rings. The quantitative estimate of drug-likeness (QED) is 0.00509. The predicted molar refractivity (Wildman–Crippen MR) is 500 cm³/mol. The Labute approximate surface area is 761 Å². The molecular weight excluding hydrogens is 1820 g/mol. The molecule has 5 fully saturated rings. The van der Waals surface area contributed by atoms with Gasteiger partial charge in [0.15, 0.2) is 54.2 Å². The van der Waals surface area contributed by atoms with Crippen LogP contribution < -0.4 is 33.5 Å². The third kappa shape index (κ3) is 24.0. The van der Waals surface area contributed by atoms with Crippen molar-refractivity contribution in [3.05, 3.63) is 244 Å². The van der Waals surface area contributed by atoms with Gasteiger partial charge in [-0.2, -0.15) is 18.7 Å². The number of piperazine rings is 4. The van der Waals surface area contributed by atoms with Crippen molar-refractivity contribution in [2.24, 2.45) is 4.30 Å². The molecule has 6 aliphatic heterocycles. The Morgan fingerprint density at radius 2 is 1.07 bits per heavy atom. The van der Waals surface area contributed by atoms with E-state index < -0.39 is 17.5 Å². The van der Waals surface area contributed by atoms with Gasteiger partial charge in [0.1, 0.15) is 59.9 Å². The van der Waals surface area contributed by atoms with Crippen LogP contribution in [0.5, 0.6) is 69.3 Å². The Morgan fingerprint density at radius 3 is 1.63 bits per heavy atom. The number of fused-ring (bicyclic) bond motifs is 10. The van der Waals surface area contributed by atoms with Gasteiger partial charge in [-0.3, -0.25) is 21.3 Å². The van der Waals surface area contributed by atoms with Gasteiger partial charge in [0.25, 0.3) is 0 Å². The molecule has 5 saturated heterocycles. The van der Waals surface area contributed by atoms with Crippen LogP contribution in [0.4, 0.5) is 29.2 Å². The van der Waals surface area contributed by atoms with E-state index in [9.17, 15) is 48.7 Å². The molecule has 126 heavy (non-hydrogen) atoms. The molecule has 0 atom stereocenters. The number of hydrogen-bond acceptors (Lipinski definition) is 21. The van der Waals surface area contributed by atoms with E-state index in [4.69, 9.17) is 55.1 Å². The van der Waals surface area contributed by atoms with E-state index in [1.54, 1.807) is 85.8 Å². The van der Waals surface area contributed by atoms with Crippen molar-refractivity contribution in [1.82, 2.24) is 19.8 Å². The fourth-order valence-electron chi connectivity index (χ4n) is 15.0. The fourth-order valence-corrected chi connectivity index (χ4v) is 16.6. The third-order valence-corrected chi connectivity index (χ3v) is 23.8. The summed E-state index contributed by atoms with van der Waals surface area (Å²) in [6.07, 6.45) is 4.27. The number of methoxy groups -OCH3 is 4. The van der Waals surface area contributed by atoms with Gasteiger partial charge in [0, 0.05) is 126 Å². The molecule has 7 N–H and O–H groups in total. The number of carbonyl (C=O) groups is 1. The molecule has 12 aromatic carbocycles. The Balaban J connectivity index is 0.000000164. The second-order valence-corrected chi connectivity index (χ2v) is 31.2. The first-order valence-corrected chi connectivity index (χ1v) is 43.1. The Bertz CT molecular complexity index is 5910. The molecule has 1 radical (unpaired) electrons. The average Bonchev–Trinajstić information content (AvgIpc) is 0.699. The summed E-state index contributed by atoms with van der Waals surface area (Å²) in [7, 11) is 10.2. The number of rotatable bonds is 13. The zero-order valence-electron chi connectivity index (χ0n) is 70.0. The molecule has 7 heterocycles. The molecule has 0 saturated carbocycles. The number of nitrogens with zero attached hydrogens (tertiary/aromatic N) is 9. The van der Waals surface area contributed by atoms with Crippen molar-refractivity contribution in [1.29, 1.82) is 0 Å². The van der Waals surface area contributed by atoms with Crippen molar-refractivity contribution in [2.45, 2.75) is 19.4 Å². The van der Waals surface area contributed by atoms with Gasteiger partial charge in [0.05, 0.1) is 75.1 Å². The standard InChI is InChI=1S/C31H37FN6O4.C11H8BrFO2.C11H9BrO2.C11H9FO2.C11H10O2.C10H8O2.C7H13ClFN2.CH3Cl.BHNS/c1-2-27(40)36-11-13-37(14-12-36)30-24-8-10-38(29-23-7-4-3-6-22(23)20-26(39)28(29)32)21-25(24)33-31(34-30)42-17-5-9-35-15-18-41-19-16-35;1-15-11-8(12)6-4-2-3-5-7(6)10(14)9(11)13;1-14-10-6-9(13)7-4-2-3-5-8(7)11(10)12;1-14-9-6-7-4-2-3-5-8(7)11(13)10(9)12;1-13-9-6-8-4-2-3-5-10(8)11(12)7-9;11-8-5-7-3-1-2-4-9(7)10(12)6-8;8-7-10-1-4-11(9,5-2-10)6-3-10;1-2;1-2-3/h2-4,6-7,20,39H,1,5,8-19,21H2;2-5,14H,1H3;2*2-6,13H,1H3;2-7,12H,1H3;1-6,11-12H;7H,1-6H2;1H3;3H/q;;;;;;+1;;. The number of hydrogen-bond donors (Lipinski definition) is 8. The van der Waals surface area contributed by atoms with E-state index in [-0.39, 0.29) is 62.4 Å². The first-order valence-electron chi connectivity index (χ1n) is 39.9. The van der Waals surface area contributed by atoms with Gasteiger partial charge in [-0.05, 0) is 101 Å². The van der Waals surface area contributed by atoms with Crippen molar-refractivity contribution in [3.63, 3.8) is 0 Å². The number of amides is 1. The second-order valence-electron chi connectivity index (χ2n) is 29.2. The van der Waals surface area contributed by atoms with Crippen LogP contribution in [0.25, 0.3) is 64.6 Å². The molecule has 2 bridgehead atoms. The first kappa shape index (κ1) is 97.2. The van der Waals surface area contributed by atoms with Crippen LogP contribution in [0.3, 0.4) is 0 Å². The number of halogens is 8. The Hall–Kier alpha value is -11.0. The van der Waals surface area contributed by atoms with Crippen LogP contribution in [0, 0.1) is 23.5 Å². The number of anilines is 2. The monoisotopic (exact) mass is 1910 g/mol. The van der Waals surface area contributed by atoms with Crippen LogP contribution in [0.2, 0.25) is 0 Å². The summed E-state index contributed by atoms with van der Waals surface area (Å²) in [6, 6.07) is 57.2. The molecule has 0 unspecified atom stereocenters. The summed E-state index contributed by atoms with van der Waals surface area (Å²) in [5.41, 5.74) is 2.17. The number of aromatic nitrogens is 2. The third-order valence-electron chi connectivity index (χ3n) is 21.7. The minimum atomic E-state index is -0.747. The number of aromatic hydroxyl groups is 7. The number of phenolic OH excluding ortho intramolecular Hbond substituents is 7. The van der Waals surface area contributed by atoms with Gasteiger partial charge in [-0.25, -0.2) is 4.39 Å². The summed E-state index contributed by atoms with van der Waals surface area (Å²) in [4.78, 5) is 30.1. The molecule has 19 rings (SSSR count). The SMILES string of the molecule is C=CC(=O)N1CCN(c2nc(OCCCN3CCOCC3)nc3c2CCN(c2c(F)c(O)cc4ccccc24)C3)CC1.CCl.COc1c(F)c(O)c2ccccc2c1Br.COc1cc(O)c2ccccc2c1.COc1cc(O)c2ccccc2c1Br.COc1cc2ccccc2c(O)c1F.F[N+]12CC[N+]([CH-]Cl)(CC1)CC2.Oc1cc(O)c2ccccc2c1.[B]=NS. The maximum absolute atomic E-state index is 15.4. The van der Waals surface area contributed by atoms with Gasteiger partial charge in [-0.1, -0.05) is 158 Å². The number of thiol groups is 1. The van der Waals surface area contributed by atoms with Crippen molar-refractivity contribution in [2.75, 3.05) is 156 Å². The van der Waals surface area contributed by atoms with E-state index >= 15 is 4.39 Å².